The number of methoxy groups -OCH3 is 1. The fourth-order valence-electron chi connectivity index (χ4n) is 2.10. The van der Waals surface area contributed by atoms with Crippen molar-refractivity contribution in [3.8, 4) is 0 Å². The maximum absolute atomic E-state index is 12.0. The van der Waals surface area contributed by atoms with E-state index >= 15 is 0 Å². The molecule has 110 valence electrons. The molecule has 0 aliphatic carbocycles. The van der Waals surface area contributed by atoms with Crippen LogP contribution in [0, 0.1) is 0 Å². The van der Waals surface area contributed by atoms with Crippen molar-refractivity contribution >= 4 is 5.97 Å². The topological polar surface area (TPSA) is 85.2 Å². The van der Waals surface area contributed by atoms with Crippen LogP contribution in [-0.4, -0.2) is 54.0 Å². The van der Waals surface area contributed by atoms with E-state index < -0.39 is 36.7 Å². The molecule has 0 saturated carbocycles. The molecule has 1 heterocycles. The SMILES string of the molecule is CO[C@@H]1OC(C)[C@@H](O)C(OC(=O)c2ccccc2)C1O. The molecule has 0 bridgehead atoms. The third-order valence-corrected chi connectivity index (χ3v) is 3.27. The number of ether oxygens (including phenoxy) is 3. The number of hydrogen-bond acceptors (Lipinski definition) is 6. The fourth-order valence-corrected chi connectivity index (χ4v) is 2.10. The van der Waals surface area contributed by atoms with Crippen LogP contribution in [0.25, 0.3) is 0 Å². The summed E-state index contributed by atoms with van der Waals surface area (Å²) >= 11 is 0. The number of carbonyl (C=O) groups excluding carboxylic acids is 1. The van der Waals surface area contributed by atoms with Gasteiger partial charge in [-0.05, 0) is 19.1 Å². The van der Waals surface area contributed by atoms with E-state index in [4.69, 9.17) is 14.2 Å². The molecule has 1 aromatic carbocycles. The molecule has 1 aliphatic heterocycles. The van der Waals surface area contributed by atoms with Crippen LogP contribution in [0.4, 0.5) is 0 Å². The summed E-state index contributed by atoms with van der Waals surface area (Å²) in [6.07, 6.45) is -5.03. The smallest absolute Gasteiger partial charge is 0.338 e. The zero-order valence-corrected chi connectivity index (χ0v) is 11.3. The second kappa shape index (κ2) is 6.32. The fraction of sp³-hybridized carbons (Fsp3) is 0.500. The maximum Gasteiger partial charge on any atom is 0.338 e. The number of carbonyl (C=O) groups is 1. The van der Waals surface area contributed by atoms with E-state index in [1.54, 1.807) is 37.3 Å². The van der Waals surface area contributed by atoms with Crippen molar-refractivity contribution in [2.45, 2.75) is 37.6 Å². The van der Waals surface area contributed by atoms with Crippen LogP contribution in [0.5, 0.6) is 0 Å². The third-order valence-electron chi connectivity index (χ3n) is 3.27. The van der Waals surface area contributed by atoms with Gasteiger partial charge in [0.15, 0.2) is 12.4 Å². The summed E-state index contributed by atoms with van der Waals surface area (Å²) in [5, 5.41) is 20.0. The molecule has 20 heavy (non-hydrogen) atoms. The first kappa shape index (κ1) is 14.9. The summed E-state index contributed by atoms with van der Waals surface area (Å²) in [6, 6.07) is 8.37. The van der Waals surface area contributed by atoms with E-state index in [1.807, 2.05) is 0 Å². The minimum absolute atomic E-state index is 0.347. The van der Waals surface area contributed by atoms with Gasteiger partial charge in [0.25, 0.3) is 0 Å². The summed E-state index contributed by atoms with van der Waals surface area (Å²) in [7, 11) is 1.37. The molecule has 1 fully saturated rings. The minimum Gasteiger partial charge on any atom is -0.453 e. The molecule has 0 radical (unpaired) electrons. The van der Waals surface area contributed by atoms with Crippen LogP contribution in [0.3, 0.4) is 0 Å². The lowest BCUT2D eigenvalue weighted by Crippen LogP contribution is -2.58. The molecule has 6 nitrogen and oxygen atoms in total. The van der Waals surface area contributed by atoms with Crippen molar-refractivity contribution < 1.29 is 29.2 Å². The highest BCUT2D eigenvalue weighted by Gasteiger charge is 2.45. The summed E-state index contributed by atoms with van der Waals surface area (Å²) in [5.41, 5.74) is 0.347. The highest BCUT2D eigenvalue weighted by Crippen LogP contribution is 2.24. The van der Waals surface area contributed by atoms with Crippen molar-refractivity contribution in [2.24, 2.45) is 0 Å². The first-order chi connectivity index (χ1) is 9.54. The van der Waals surface area contributed by atoms with Crippen LogP contribution in [0.15, 0.2) is 30.3 Å². The summed E-state index contributed by atoms with van der Waals surface area (Å²) in [6.45, 7) is 1.62. The zero-order chi connectivity index (χ0) is 14.7. The predicted octanol–water partition coefficient (Wildman–Crippen LogP) is 0.325. The molecule has 6 heteroatoms. The highest BCUT2D eigenvalue weighted by molar-refractivity contribution is 5.89. The second-order valence-electron chi connectivity index (χ2n) is 4.66. The number of aliphatic hydroxyl groups is 2. The highest BCUT2D eigenvalue weighted by atomic mass is 16.7. The van der Waals surface area contributed by atoms with Gasteiger partial charge in [0, 0.05) is 7.11 Å². The largest absolute Gasteiger partial charge is 0.453 e. The monoisotopic (exact) mass is 282 g/mol. The first-order valence-electron chi connectivity index (χ1n) is 6.35. The Morgan fingerprint density at radius 1 is 1.20 bits per heavy atom. The second-order valence-corrected chi connectivity index (χ2v) is 4.66. The molecule has 1 aromatic rings. The number of hydrogen-bond donors (Lipinski definition) is 2. The number of aliphatic hydroxyl groups excluding tert-OH is 2. The van der Waals surface area contributed by atoms with Crippen LogP contribution in [0.2, 0.25) is 0 Å². The van der Waals surface area contributed by atoms with Crippen LogP contribution in [-0.2, 0) is 14.2 Å². The molecule has 0 spiro atoms. The summed E-state index contributed by atoms with van der Waals surface area (Å²) in [4.78, 5) is 12.0. The molecule has 2 rings (SSSR count). The predicted molar refractivity (Wildman–Crippen MR) is 69.0 cm³/mol. The molecular formula is C14H18O6. The van der Waals surface area contributed by atoms with Gasteiger partial charge >= 0.3 is 5.97 Å². The molecule has 2 N–H and O–H groups in total. The van der Waals surface area contributed by atoms with E-state index in [0.717, 1.165) is 0 Å². The number of benzene rings is 1. The molecule has 0 amide bonds. The van der Waals surface area contributed by atoms with Gasteiger partial charge in [0.1, 0.15) is 12.2 Å². The Kier molecular flexibility index (Phi) is 4.72. The van der Waals surface area contributed by atoms with E-state index in [9.17, 15) is 15.0 Å². The molecule has 3 unspecified atom stereocenters. The Hall–Kier alpha value is -1.47. The Balaban J connectivity index is 2.11. The number of esters is 1. The Morgan fingerprint density at radius 2 is 1.85 bits per heavy atom. The van der Waals surface area contributed by atoms with Crippen molar-refractivity contribution in [3.63, 3.8) is 0 Å². The lowest BCUT2D eigenvalue weighted by Gasteiger charge is -2.40. The summed E-state index contributed by atoms with van der Waals surface area (Å²) < 4.78 is 15.4. The maximum atomic E-state index is 12.0. The Labute approximate surface area is 116 Å². The summed E-state index contributed by atoms with van der Waals surface area (Å²) in [5.74, 6) is -0.613. The zero-order valence-electron chi connectivity index (χ0n) is 11.3. The van der Waals surface area contributed by atoms with E-state index in [0.29, 0.717) is 5.56 Å². The van der Waals surface area contributed by atoms with Gasteiger partial charge in [0.05, 0.1) is 11.7 Å². The lowest BCUT2D eigenvalue weighted by molar-refractivity contribution is -0.285. The van der Waals surface area contributed by atoms with E-state index in [-0.39, 0.29) is 0 Å². The van der Waals surface area contributed by atoms with Crippen LogP contribution in [0.1, 0.15) is 17.3 Å². The molecule has 1 saturated heterocycles. The van der Waals surface area contributed by atoms with Crippen molar-refractivity contribution in [2.75, 3.05) is 7.11 Å². The standard InChI is InChI=1S/C14H18O6/c1-8-10(15)12(11(16)14(18-2)19-8)20-13(17)9-6-4-3-5-7-9/h3-8,10-12,14-16H,1-2H3/t8?,10-,11?,12?,14-/m1/s1. The van der Waals surface area contributed by atoms with Crippen molar-refractivity contribution in [3.05, 3.63) is 35.9 Å². The Morgan fingerprint density at radius 3 is 2.45 bits per heavy atom. The average Bonchev–Trinajstić information content (AvgIpc) is 2.48. The van der Waals surface area contributed by atoms with E-state index in [1.165, 1.54) is 7.11 Å². The van der Waals surface area contributed by atoms with Crippen LogP contribution < -0.4 is 0 Å². The first-order valence-corrected chi connectivity index (χ1v) is 6.35. The Bertz CT molecular complexity index is 448. The minimum atomic E-state index is -1.25. The van der Waals surface area contributed by atoms with Gasteiger partial charge in [-0.1, -0.05) is 18.2 Å². The van der Waals surface area contributed by atoms with Crippen molar-refractivity contribution in [1.29, 1.82) is 0 Å². The molecule has 1 aliphatic rings. The van der Waals surface area contributed by atoms with Gasteiger partial charge in [0.2, 0.25) is 0 Å². The van der Waals surface area contributed by atoms with Crippen molar-refractivity contribution in [1.82, 2.24) is 0 Å². The van der Waals surface area contributed by atoms with Crippen LogP contribution >= 0.6 is 0 Å². The average molecular weight is 282 g/mol. The molecule has 0 aromatic heterocycles. The lowest BCUT2D eigenvalue weighted by atomic mass is 9.99. The van der Waals surface area contributed by atoms with Gasteiger partial charge in [-0.2, -0.15) is 0 Å². The van der Waals surface area contributed by atoms with Gasteiger partial charge in [-0.15, -0.1) is 0 Å². The normalized spacial score (nSPS) is 33.7. The van der Waals surface area contributed by atoms with E-state index in [2.05, 4.69) is 0 Å². The quantitative estimate of drug-likeness (QED) is 0.777. The van der Waals surface area contributed by atoms with Gasteiger partial charge in [-0.3, -0.25) is 0 Å². The molecule has 5 atom stereocenters. The number of rotatable bonds is 3. The molecular weight excluding hydrogens is 264 g/mol. The van der Waals surface area contributed by atoms with Gasteiger partial charge in [-0.25, -0.2) is 4.79 Å². The third kappa shape index (κ3) is 2.99. The van der Waals surface area contributed by atoms with Gasteiger partial charge < -0.3 is 24.4 Å².